The quantitative estimate of drug-likeness (QED) is 0.785. The van der Waals surface area contributed by atoms with E-state index in [1.807, 2.05) is 0 Å². The predicted octanol–water partition coefficient (Wildman–Crippen LogP) is 2.62. The number of hydrogen-bond donors (Lipinski definition) is 0. The van der Waals surface area contributed by atoms with E-state index in [-0.39, 0.29) is 34.9 Å². The summed E-state index contributed by atoms with van der Waals surface area (Å²) in [4.78, 5) is 26.0. The number of amides is 2. The highest BCUT2D eigenvalue weighted by molar-refractivity contribution is 6.22. The monoisotopic (exact) mass is 286 g/mol. The van der Waals surface area contributed by atoms with Gasteiger partial charge in [0.25, 0.3) is 0 Å². The van der Waals surface area contributed by atoms with Gasteiger partial charge < -0.3 is 0 Å². The van der Waals surface area contributed by atoms with Gasteiger partial charge in [-0.3, -0.25) is 9.59 Å². The standard InChI is InChI=1S/C16H15FN2O2/c1-2-9-6-10-11(7-9)16(21)19(15(10)20)14-5-3-4-13(17)12(14)8-18/h3-5,9-11H,2,6-7H2,1H3. The number of imide groups is 1. The lowest BCUT2D eigenvalue weighted by Crippen LogP contribution is -2.33. The fraction of sp³-hybridized carbons (Fsp3) is 0.438. The van der Waals surface area contributed by atoms with Gasteiger partial charge in [-0.1, -0.05) is 19.4 Å². The van der Waals surface area contributed by atoms with Crippen LogP contribution in [0.25, 0.3) is 0 Å². The van der Waals surface area contributed by atoms with Gasteiger partial charge in [0.15, 0.2) is 0 Å². The van der Waals surface area contributed by atoms with E-state index in [9.17, 15) is 14.0 Å². The maximum atomic E-state index is 13.7. The van der Waals surface area contributed by atoms with Crippen LogP contribution in [0.3, 0.4) is 0 Å². The van der Waals surface area contributed by atoms with E-state index in [1.165, 1.54) is 12.1 Å². The van der Waals surface area contributed by atoms with Gasteiger partial charge in [0.1, 0.15) is 17.4 Å². The van der Waals surface area contributed by atoms with Crippen molar-refractivity contribution in [2.75, 3.05) is 4.90 Å². The third kappa shape index (κ3) is 1.94. The molecular formula is C16H15FN2O2. The van der Waals surface area contributed by atoms with Gasteiger partial charge in [0, 0.05) is 0 Å². The molecule has 2 aliphatic rings. The highest BCUT2D eigenvalue weighted by Gasteiger charge is 2.53. The molecule has 5 heteroatoms. The molecule has 0 N–H and O–H groups in total. The minimum atomic E-state index is -0.709. The molecule has 0 radical (unpaired) electrons. The Bertz CT molecular complexity index is 641. The van der Waals surface area contributed by atoms with Gasteiger partial charge >= 0.3 is 0 Å². The average Bonchev–Trinajstić information content (AvgIpc) is 2.99. The Balaban J connectivity index is 2.00. The van der Waals surface area contributed by atoms with Crippen molar-refractivity contribution in [1.82, 2.24) is 0 Å². The second-order valence-corrected chi connectivity index (χ2v) is 5.72. The number of carbonyl (C=O) groups is 2. The molecule has 2 unspecified atom stereocenters. The Morgan fingerprint density at radius 2 is 1.90 bits per heavy atom. The van der Waals surface area contributed by atoms with E-state index >= 15 is 0 Å². The van der Waals surface area contributed by atoms with E-state index in [1.54, 1.807) is 6.07 Å². The third-order valence-electron chi connectivity index (χ3n) is 4.66. The van der Waals surface area contributed by atoms with Gasteiger partial charge in [0.2, 0.25) is 11.8 Å². The van der Waals surface area contributed by atoms with Crippen LogP contribution in [0.15, 0.2) is 18.2 Å². The second-order valence-electron chi connectivity index (χ2n) is 5.72. The van der Waals surface area contributed by atoms with Crippen molar-refractivity contribution in [3.63, 3.8) is 0 Å². The normalized spacial score (nSPS) is 27.9. The Kier molecular flexibility index (Phi) is 3.25. The Hall–Kier alpha value is -2.22. The summed E-state index contributed by atoms with van der Waals surface area (Å²) in [6.07, 6.45) is 2.37. The Morgan fingerprint density at radius 1 is 1.29 bits per heavy atom. The number of nitrogens with zero attached hydrogens (tertiary/aromatic N) is 2. The smallest absolute Gasteiger partial charge is 0.237 e. The van der Waals surface area contributed by atoms with Crippen LogP contribution in [0.2, 0.25) is 0 Å². The van der Waals surface area contributed by atoms with Crippen LogP contribution in [0.5, 0.6) is 0 Å². The molecule has 0 aromatic heterocycles. The summed E-state index contributed by atoms with van der Waals surface area (Å²) >= 11 is 0. The summed E-state index contributed by atoms with van der Waals surface area (Å²) in [5.41, 5.74) is -0.166. The number of hydrogen-bond acceptors (Lipinski definition) is 3. The molecule has 1 aliphatic carbocycles. The molecule has 3 rings (SSSR count). The molecule has 1 saturated heterocycles. The minimum absolute atomic E-state index is 0.0787. The zero-order valence-corrected chi connectivity index (χ0v) is 11.7. The zero-order chi connectivity index (χ0) is 15.1. The molecule has 1 aliphatic heterocycles. The number of rotatable bonds is 2. The first-order valence-electron chi connectivity index (χ1n) is 7.14. The molecule has 2 atom stereocenters. The summed E-state index contributed by atoms with van der Waals surface area (Å²) in [5, 5.41) is 9.08. The average molecular weight is 286 g/mol. The van der Waals surface area contributed by atoms with E-state index in [0.29, 0.717) is 18.8 Å². The van der Waals surface area contributed by atoms with Gasteiger partial charge in [-0.15, -0.1) is 0 Å². The number of carbonyl (C=O) groups excluding carboxylic acids is 2. The van der Waals surface area contributed by atoms with Crippen molar-refractivity contribution < 1.29 is 14.0 Å². The van der Waals surface area contributed by atoms with Gasteiger partial charge in [-0.2, -0.15) is 5.26 Å². The number of anilines is 1. The molecule has 0 spiro atoms. The van der Waals surface area contributed by atoms with Crippen LogP contribution in [-0.4, -0.2) is 11.8 Å². The fourth-order valence-corrected chi connectivity index (χ4v) is 3.51. The van der Waals surface area contributed by atoms with Crippen molar-refractivity contribution in [2.45, 2.75) is 26.2 Å². The van der Waals surface area contributed by atoms with Crippen molar-refractivity contribution in [2.24, 2.45) is 17.8 Å². The summed E-state index contributed by atoms with van der Waals surface area (Å²) in [6.45, 7) is 2.05. The lowest BCUT2D eigenvalue weighted by atomic mass is 10.00. The summed E-state index contributed by atoms with van der Waals surface area (Å²) < 4.78 is 13.7. The fourth-order valence-electron chi connectivity index (χ4n) is 3.51. The highest BCUT2D eigenvalue weighted by atomic mass is 19.1. The molecule has 2 amide bonds. The van der Waals surface area contributed by atoms with E-state index in [0.717, 1.165) is 17.4 Å². The summed E-state index contributed by atoms with van der Waals surface area (Å²) in [5.74, 6) is -1.50. The molecule has 0 bridgehead atoms. The van der Waals surface area contributed by atoms with Crippen LogP contribution >= 0.6 is 0 Å². The molecule has 2 fully saturated rings. The topological polar surface area (TPSA) is 61.2 Å². The number of nitriles is 1. The maximum Gasteiger partial charge on any atom is 0.237 e. The second kappa shape index (κ2) is 4.96. The van der Waals surface area contributed by atoms with Crippen molar-refractivity contribution in [3.05, 3.63) is 29.6 Å². The molecule has 108 valence electrons. The molecule has 4 nitrogen and oxygen atoms in total. The number of benzene rings is 1. The molecule has 1 aromatic rings. The van der Waals surface area contributed by atoms with Gasteiger partial charge in [-0.25, -0.2) is 9.29 Å². The molecule has 1 aromatic carbocycles. The van der Waals surface area contributed by atoms with Crippen LogP contribution in [-0.2, 0) is 9.59 Å². The lowest BCUT2D eigenvalue weighted by Gasteiger charge is -2.18. The zero-order valence-electron chi connectivity index (χ0n) is 11.7. The first-order chi connectivity index (χ1) is 10.1. The Labute approximate surface area is 122 Å². The first-order valence-corrected chi connectivity index (χ1v) is 7.14. The van der Waals surface area contributed by atoms with Crippen LogP contribution in [0.4, 0.5) is 10.1 Å². The highest BCUT2D eigenvalue weighted by Crippen LogP contribution is 2.46. The van der Waals surface area contributed by atoms with Gasteiger partial charge in [-0.05, 0) is 30.9 Å². The SMILES string of the molecule is CCC1CC2C(=O)N(c3cccc(F)c3C#N)C(=O)C2C1. The Morgan fingerprint density at radius 3 is 2.43 bits per heavy atom. The molecule has 1 saturated carbocycles. The lowest BCUT2D eigenvalue weighted by molar-refractivity contribution is -0.123. The number of halogens is 1. The van der Waals surface area contributed by atoms with Crippen LogP contribution in [0.1, 0.15) is 31.7 Å². The van der Waals surface area contributed by atoms with Crippen LogP contribution in [0, 0.1) is 34.9 Å². The molecule has 21 heavy (non-hydrogen) atoms. The predicted molar refractivity (Wildman–Crippen MR) is 73.6 cm³/mol. The van der Waals surface area contributed by atoms with E-state index in [4.69, 9.17) is 5.26 Å². The molecular weight excluding hydrogens is 271 g/mol. The maximum absolute atomic E-state index is 13.7. The molecule has 1 heterocycles. The summed E-state index contributed by atoms with van der Waals surface area (Å²) in [7, 11) is 0. The van der Waals surface area contributed by atoms with Crippen molar-refractivity contribution >= 4 is 17.5 Å². The van der Waals surface area contributed by atoms with Crippen molar-refractivity contribution in [1.29, 1.82) is 5.26 Å². The third-order valence-corrected chi connectivity index (χ3v) is 4.66. The van der Waals surface area contributed by atoms with E-state index < -0.39 is 5.82 Å². The van der Waals surface area contributed by atoms with Crippen LogP contribution < -0.4 is 4.90 Å². The largest absolute Gasteiger partial charge is 0.274 e. The van der Waals surface area contributed by atoms with E-state index in [2.05, 4.69) is 6.92 Å². The summed E-state index contributed by atoms with van der Waals surface area (Å²) in [6, 6.07) is 5.77. The number of fused-ring (bicyclic) bond motifs is 1. The van der Waals surface area contributed by atoms with Crippen molar-refractivity contribution in [3.8, 4) is 6.07 Å². The van der Waals surface area contributed by atoms with Gasteiger partial charge in [0.05, 0.1) is 17.5 Å². The first kappa shape index (κ1) is 13.7. The minimum Gasteiger partial charge on any atom is -0.274 e.